The Kier molecular flexibility index (Phi) is 7.73. The number of sulfonamides is 1. The molecule has 0 heterocycles. The van der Waals surface area contributed by atoms with Gasteiger partial charge in [0.25, 0.3) is 10.0 Å². The molecule has 1 N–H and O–H groups in total. The van der Waals surface area contributed by atoms with Crippen LogP contribution in [0.15, 0.2) is 65.6 Å². The number of carbonyl (C=O) groups is 1. The van der Waals surface area contributed by atoms with E-state index in [1.165, 1.54) is 44.6 Å². The fourth-order valence-electron chi connectivity index (χ4n) is 3.04. The maximum absolute atomic E-state index is 13.6. The quantitative estimate of drug-likeness (QED) is 0.454. The van der Waals surface area contributed by atoms with Crippen molar-refractivity contribution in [2.45, 2.75) is 11.8 Å². The first-order chi connectivity index (χ1) is 15.6. The average Bonchev–Trinajstić information content (AvgIpc) is 2.80. The first kappa shape index (κ1) is 24.7. The summed E-state index contributed by atoms with van der Waals surface area (Å²) >= 11 is 12.1. The van der Waals surface area contributed by atoms with E-state index >= 15 is 0 Å². The summed E-state index contributed by atoms with van der Waals surface area (Å²) in [6.45, 7) is 1.38. The van der Waals surface area contributed by atoms with E-state index in [-0.39, 0.29) is 21.4 Å². The summed E-state index contributed by atoms with van der Waals surface area (Å²) in [6, 6.07) is 15.6. The SMILES string of the molecule is COc1ccc(S(=O)(=O)N(CC(=O)Nc2cc(Cl)ccc2Cl)c2ccc(C)cc2)cc1OC. The fourth-order valence-corrected chi connectivity index (χ4v) is 4.82. The molecule has 3 rings (SSSR count). The maximum Gasteiger partial charge on any atom is 0.264 e. The van der Waals surface area contributed by atoms with Crippen LogP contribution < -0.4 is 19.1 Å². The molecule has 0 fully saturated rings. The van der Waals surface area contributed by atoms with Crippen molar-refractivity contribution in [2.75, 3.05) is 30.4 Å². The lowest BCUT2D eigenvalue weighted by molar-refractivity contribution is -0.114. The van der Waals surface area contributed by atoms with Crippen molar-refractivity contribution in [2.24, 2.45) is 0 Å². The molecule has 0 spiro atoms. The van der Waals surface area contributed by atoms with E-state index in [1.807, 2.05) is 6.92 Å². The molecule has 174 valence electrons. The molecule has 3 aromatic carbocycles. The van der Waals surface area contributed by atoms with Crippen LogP contribution in [0.2, 0.25) is 10.0 Å². The summed E-state index contributed by atoms with van der Waals surface area (Å²) in [4.78, 5) is 12.8. The third-order valence-electron chi connectivity index (χ3n) is 4.75. The van der Waals surface area contributed by atoms with E-state index in [9.17, 15) is 13.2 Å². The number of nitrogens with one attached hydrogen (secondary N) is 1. The Morgan fingerprint density at radius 1 is 0.939 bits per heavy atom. The maximum atomic E-state index is 13.6. The minimum atomic E-state index is -4.15. The van der Waals surface area contributed by atoms with Gasteiger partial charge in [-0.25, -0.2) is 8.42 Å². The molecule has 0 saturated carbocycles. The highest BCUT2D eigenvalue weighted by atomic mass is 35.5. The van der Waals surface area contributed by atoms with Crippen LogP contribution in [0.25, 0.3) is 0 Å². The molecular weight excluding hydrogens is 487 g/mol. The van der Waals surface area contributed by atoms with Gasteiger partial charge in [0.15, 0.2) is 11.5 Å². The fraction of sp³-hybridized carbons (Fsp3) is 0.174. The molecule has 33 heavy (non-hydrogen) atoms. The second-order valence-electron chi connectivity index (χ2n) is 7.04. The lowest BCUT2D eigenvalue weighted by Crippen LogP contribution is -2.38. The van der Waals surface area contributed by atoms with Gasteiger partial charge in [0.2, 0.25) is 5.91 Å². The number of nitrogens with zero attached hydrogens (tertiary/aromatic N) is 1. The zero-order valence-electron chi connectivity index (χ0n) is 18.1. The van der Waals surface area contributed by atoms with Crippen molar-refractivity contribution in [1.82, 2.24) is 0 Å². The molecule has 3 aromatic rings. The topological polar surface area (TPSA) is 84.9 Å². The minimum absolute atomic E-state index is 0.0608. The number of halogens is 2. The zero-order chi connectivity index (χ0) is 24.2. The summed E-state index contributed by atoms with van der Waals surface area (Å²) in [7, 11) is -1.29. The largest absolute Gasteiger partial charge is 0.493 e. The molecule has 0 aliphatic rings. The molecule has 0 atom stereocenters. The summed E-state index contributed by atoms with van der Waals surface area (Å²) in [5, 5.41) is 3.27. The third-order valence-corrected chi connectivity index (χ3v) is 7.09. The minimum Gasteiger partial charge on any atom is -0.493 e. The number of hydrogen-bond acceptors (Lipinski definition) is 5. The summed E-state index contributed by atoms with van der Waals surface area (Å²) in [5.41, 5.74) is 1.54. The molecule has 0 bridgehead atoms. The second kappa shape index (κ2) is 10.3. The Morgan fingerprint density at radius 3 is 2.24 bits per heavy atom. The zero-order valence-corrected chi connectivity index (χ0v) is 20.5. The van der Waals surface area contributed by atoms with Crippen LogP contribution in [0.5, 0.6) is 11.5 Å². The lowest BCUT2D eigenvalue weighted by atomic mass is 10.2. The summed E-state index contributed by atoms with van der Waals surface area (Å²) in [6.07, 6.45) is 0. The van der Waals surface area contributed by atoms with E-state index in [0.29, 0.717) is 16.5 Å². The number of anilines is 2. The number of carbonyl (C=O) groups excluding carboxylic acids is 1. The Labute approximate surface area is 202 Å². The van der Waals surface area contributed by atoms with Gasteiger partial charge < -0.3 is 14.8 Å². The van der Waals surface area contributed by atoms with Crippen molar-refractivity contribution in [1.29, 1.82) is 0 Å². The molecule has 1 amide bonds. The molecule has 0 saturated heterocycles. The number of hydrogen-bond donors (Lipinski definition) is 1. The summed E-state index contributed by atoms with van der Waals surface area (Å²) in [5.74, 6) is 0.0352. The Bertz CT molecular complexity index is 1260. The van der Waals surface area contributed by atoms with Crippen LogP contribution in [0.3, 0.4) is 0 Å². The van der Waals surface area contributed by atoms with Gasteiger partial charge in [-0.15, -0.1) is 0 Å². The highest BCUT2D eigenvalue weighted by Crippen LogP contribution is 2.32. The Morgan fingerprint density at radius 2 is 1.61 bits per heavy atom. The van der Waals surface area contributed by atoms with Crippen molar-refractivity contribution in [3.63, 3.8) is 0 Å². The highest BCUT2D eigenvalue weighted by Gasteiger charge is 2.28. The van der Waals surface area contributed by atoms with Gasteiger partial charge in [-0.3, -0.25) is 9.10 Å². The molecule has 0 aliphatic carbocycles. The Balaban J connectivity index is 2.00. The van der Waals surface area contributed by atoms with Crippen molar-refractivity contribution < 1.29 is 22.7 Å². The van der Waals surface area contributed by atoms with E-state index < -0.39 is 22.5 Å². The number of amides is 1. The van der Waals surface area contributed by atoms with Crippen LogP contribution in [-0.2, 0) is 14.8 Å². The molecule has 0 aromatic heterocycles. The second-order valence-corrected chi connectivity index (χ2v) is 9.74. The van der Waals surface area contributed by atoms with Crippen LogP contribution >= 0.6 is 23.2 Å². The monoisotopic (exact) mass is 508 g/mol. The average molecular weight is 509 g/mol. The van der Waals surface area contributed by atoms with Gasteiger partial charge in [-0.05, 0) is 49.4 Å². The number of aryl methyl sites for hydroxylation is 1. The number of benzene rings is 3. The molecule has 7 nitrogen and oxygen atoms in total. The van der Waals surface area contributed by atoms with Crippen LogP contribution in [0.1, 0.15) is 5.56 Å². The van der Waals surface area contributed by atoms with E-state index in [2.05, 4.69) is 5.32 Å². The number of ether oxygens (including phenoxy) is 2. The molecule has 10 heteroatoms. The van der Waals surface area contributed by atoms with Crippen molar-refractivity contribution >= 4 is 50.5 Å². The van der Waals surface area contributed by atoms with Gasteiger partial charge in [0.1, 0.15) is 6.54 Å². The molecular formula is C23H22Cl2N2O5S. The van der Waals surface area contributed by atoms with E-state index in [4.69, 9.17) is 32.7 Å². The highest BCUT2D eigenvalue weighted by molar-refractivity contribution is 7.92. The molecule has 0 radical (unpaired) electrons. The Hall–Kier alpha value is -2.94. The van der Waals surface area contributed by atoms with Crippen LogP contribution in [-0.4, -0.2) is 35.1 Å². The van der Waals surface area contributed by atoms with Crippen molar-refractivity contribution in [3.8, 4) is 11.5 Å². The van der Waals surface area contributed by atoms with Gasteiger partial charge in [0, 0.05) is 11.1 Å². The number of rotatable bonds is 8. The smallest absolute Gasteiger partial charge is 0.264 e. The van der Waals surface area contributed by atoms with E-state index in [0.717, 1.165) is 9.87 Å². The van der Waals surface area contributed by atoms with Crippen molar-refractivity contribution in [3.05, 3.63) is 76.3 Å². The molecule has 0 unspecified atom stereocenters. The number of methoxy groups -OCH3 is 2. The first-order valence-electron chi connectivity index (χ1n) is 9.72. The van der Waals surface area contributed by atoms with E-state index in [1.54, 1.807) is 30.3 Å². The summed E-state index contributed by atoms with van der Waals surface area (Å²) < 4.78 is 38.6. The third kappa shape index (κ3) is 5.71. The predicted molar refractivity (Wildman–Crippen MR) is 130 cm³/mol. The molecule has 0 aliphatic heterocycles. The van der Waals surface area contributed by atoms with Gasteiger partial charge in [-0.1, -0.05) is 40.9 Å². The van der Waals surface area contributed by atoms with Crippen LogP contribution in [0, 0.1) is 6.92 Å². The normalized spacial score (nSPS) is 11.1. The predicted octanol–water partition coefficient (Wildman–Crippen LogP) is 5.15. The van der Waals surface area contributed by atoms with Gasteiger partial charge >= 0.3 is 0 Å². The standard InChI is InChI=1S/C23H22Cl2N2O5S/c1-15-4-7-17(8-5-15)27(14-23(28)26-20-12-16(24)6-10-19(20)25)33(29,30)18-9-11-21(31-2)22(13-18)32-3/h4-13H,14H2,1-3H3,(H,26,28). The van der Waals surface area contributed by atoms with Crippen LogP contribution in [0.4, 0.5) is 11.4 Å². The lowest BCUT2D eigenvalue weighted by Gasteiger charge is -2.25. The van der Waals surface area contributed by atoms with Gasteiger partial charge in [0.05, 0.1) is 35.5 Å². The first-order valence-corrected chi connectivity index (χ1v) is 11.9. The van der Waals surface area contributed by atoms with Gasteiger partial charge in [-0.2, -0.15) is 0 Å².